The van der Waals surface area contributed by atoms with Crippen molar-refractivity contribution in [3.05, 3.63) is 23.6 Å². The van der Waals surface area contributed by atoms with Crippen molar-refractivity contribution in [1.29, 1.82) is 0 Å². The highest BCUT2D eigenvalue weighted by atomic mass is 33.1. The second-order valence-electron chi connectivity index (χ2n) is 1.41. The van der Waals surface area contributed by atoms with Crippen molar-refractivity contribution < 1.29 is 0 Å². The lowest BCUT2D eigenvalue weighted by molar-refractivity contribution is 2.06. The summed E-state index contributed by atoms with van der Waals surface area (Å²) in [7, 11) is 1.47. The molecule has 0 saturated heterocycles. The number of hydrogen-bond donors (Lipinski definition) is 2. The lowest BCUT2D eigenvalue weighted by Gasteiger charge is -2.02. The summed E-state index contributed by atoms with van der Waals surface area (Å²) in [6, 6.07) is 0. The van der Waals surface area contributed by atoms with Gasteiger partial charge in [-0.3, -0.25) is 0 Å². The molecule has 0 amide bonds. The van der Waals surface area contributed by atoms with Crippen molar-refractivity contribution in [3.8, 4) is 0 Å². The summed E-state index contributed by atoms with van der Waals surface area (Å²) in [6.45, 7) is 0. The summed E-state index contributed by atoms with van der Waals surface area (Å²) < 4.78 is 1.21. The zero-order chi connectivity index (χ0) is 6.69. The van der Waals surface area contributed by atoms with E-state index in [0.717, 1.165) is 0 Å². The highest BCUT2D eigenvalue weighted by Crippen LogP contribution is 2.31. The Morgan fingerprint density at radius 3 is 2.67 bits per heavy atom. The summed E-state index contributed by atoms with van der Waals surface area (Å²) in [5.41, 5.74) is 0. The van der Waals surface area contributed by atoms with Gasteiger partial charge in [-0.1, -0.05) is 32.5 Å². The summed E-state index contributed by atoms with van der Waals surface area (Å²) >= 11 is 8.39. The Morgan fingerprint density at radius 1 is 1.44 bits per heavy atom. The van der Waals surface area contributed by atoms with Gasteiger partial charge in [0.2, 0.25) is 0 Å². The SMILES string of the molecule is SSC1=S(S)C=CC=C1. The summed E-state index contributed by atoms with van der Waals surface area (Å²) in [4.78, 5) is 0. The van der Waals surface area contributed by atoms with Crippen LogP contribution >= 0.6 is 43.6 Å². The first-order valence-corrected chi connectivity index (χ1v) is 6.51. The van der Waals surface area contributed by atoms with Crippen LogP contribution in [0.1, 0.15) is 0 Å². The minimum atomic E-state index is 0.00231. The Kier molecular flexibility index (Phi) is 3.32. The molecule has 0 fully saturated rings. The van der Waals surface area contributed by atoms with Crippen LogP contribution in [-0.4, -0.2) is 4.20 Å². The van der Waals surface area contributed by atoms with Gasteiger partial charge in [0.05, 0.1) is 4.20 Å². The molecule has 1 aliphatic heterocycles. The molecular weight excluding hydrogens is 188 g/mol. The third-order valence-electron chi connectivity index (χ3n) is 0.847. The van der Waals surface area contributed by atoms with Crippen molar-refractivity contribution in [2.24, 2.45) is 0 Å². The van der Waals surface area contributed by atoms with Crippen LogP contribution in [0.5, 0.6) is 0 Å². The average molecular weight is 194 g/mol. The standard InChI is InChI=1S/C5H6S4/c6-8-5-3-1-2-4-9(5)7/h1-4,6-7H. The van der Waals surface area contributed by atoms with E-state index in [2.05, 4.69) is 28.7 Å². The molecule has 1 unspecified atom stereocenters. The molecule has 0 aromatic rings. The highest BCUT2D eigenvalue weighted by Gasteiger charge is 1.95. The van der Waals surface area contributed by atoms with E-state index < -0.39 is 0 Å². The molecular formula is C5H6S4. The van der Waals surface area contributed by atoms with Gasteiger partial charge >= 0.3 is 0 Å². The first-order chi connectivity index (χ1) is 4.34. The number of allylic oxidation sites excluding steroid dienone is 2. The third-order valence-corrected chi connectivity index (χ3v) is 5.20. The molecule has 0 aliphatic carbocycles. The van der Waals surface area contributed by atoms with Crippen LogP contribution in [0, 0.1) is 0 Å². The van der Waals surface area contributed by atoms with Gasteiger partial charge in [0, 0.05) is 0 Å². The van der Waals surface area contributed by atoms with Gasteiger partial charge in [0.15, 0.2) is 0 Å². The lowest BCUT2D eigenvalue weighted by Crippen LogP contribution is -1.81. The van der Waals surface area contributed by atoms with Crippen molar-refractivity contribution >= 4 is 47.8 Å². The van der Waals surface area contributed by atoms with E-state index in [-0.39, 0.29) is 9.52 Å². The third kappa shape index (κ3) is 2.11. The molecule has 0 bridgehead atoms. The smallest absolute Gasteiger partial charge is 0.0549 e. The first-order valence-electron chi connectivity index (χ1n) is 2.30. The molecule has 0 spiro atoms. The normalized spacial score (nSPS) is 25.1. The number of rotatable bonds is 0. The molecule has 0 radical (unpaired) electrons. The van der Waals surface area contributed by atoms with E-state index in [4.69, 9.17) is 0 Å². The molecule has 9 heavy (non-hydrogen) atoms. The molecule has 0 saturated carbocycles. The van der Waals surface area contributed by atoms with Crippen molar-refractivity contribution in [3.63, 3.8) is 0 Å². The first kappa shape index (κ1) is 7.85. The summed E-state index contributed by atoms with van der Waals surface area (Å²) in [5, 5.41) is 2.06. The maximum absolute atomic E-state index is 4.32. The van der Waals surface area contributed by atoms with Gasteiger partial charge < -0.3 is 0 Å². The molecule has 0 N–H and O–H groups in total. The molecule has 50 valence electrons. The molecule has 0 aromatic heterocycles. The molecule has 1 rings (SSSR count). The fraction of sp³-hybridized carbons (Fsp3) is 0. The Hall–Kier alpha value is 0.750. The minimum Gasteiger partial charge on any atom is -0.112 e. The van der Waals surface area contributed by atoms with Crippen LogP contribution in [0.4, 0.5) is 0 Å². The second kappa shape index (κ2) is 3.81. The molecule has 0 nitrogen and oxygen atoms in total. The van der Waals surface area contributed by atoms with Crippen LogP contribution in [-0.2, 0) is 0 Å². The van der Waals surface area contributed by atoms with Gasteiger partial charge in [-0.15, -0.1) is 23.3 Å². The zero-order valence-corrected chi connectivity index (χ0v) is 7.94. The van der Waals surface area contributed by atoms with E-state index in [1.54, 1.807) is 0 Å². The minimum absolute atomic E-state index is 0.00231. The van der Waals surface area contributed by atoms with Crippen LogP contribution < -0.4 is 0 Å². The second-order valence-corrected chi connectivity index (χ2v) is 5.36. The predicted molar refractivity (Wildman–Crippen MR) is 56.4 cm³/mol. The zero-order valence-electron chi connectivity index (χ0n) is 4.52. The summed E-state index contributed by atoms with van der Waals surface area (Å²) in [5.74, 6) is 0. The van der Waals surface area contributed by atoms with Crippen molar-refractivity contribution in [1.82, 2.24) is 0 Å². The molecule has 4 heteroatoms. The number of thiol groups is 2. The molecule has 0 aromatic carbocycles. The lowest BCUT2D eigenvalue weighted by atomic mass is 10.5. The van der Waals surface area contributed by atoms with Gasteiger partial charge in [0.1, 0.15) is 0 Å². The van der Waals surface area contributed by atoms with Crippen LogP contribution in [0.3, 0.4) is 0 Å². The molecule has 1 heterocycles. The maximum Gasteiger partial charge on any atom is 0.0549 e. The van der Waals surface area contributed by atoms with Crippen LogP contribution in [0.15, 0.2) is 23.6 Å². The van der Waals surface area contributed by atoms with Gasteiger partial charge in [-0.05, 0) is 11.5 Å². The fourth-order valence-electron chi connectivity index (χ4n) is 0.459. The van der Waals surface area contributed by atoms with E-state index in [9.17, 15) is 0 Å². The Balaban J connectivity index is 2.88. The maximum atomic E-state index is 4.32. The Labute approximate surface area is 71.3 Å². The molecule has 1 aliphatic rings. The molecule has 1 atom stereocenters. The summed E-state index contributed by atoms with van der Waals surface area (Å²) in [6.07, 6.45) is 6.04. The average Bonchev–Trinajstić information content (AvgIpc) is 1.89. The van der Waals surface area contributed by atoms with Gasteiger partial charge in [-0.2, -0.15) is 0 Å². The Morgan fingerprint density at radius 2 is 2.22 bits per heavy atom. The topological polar surface area (TPSA) is 0 Å². The largest absolute Gasteiger partial charge is 0.112 e. The van der Waals surface area contributed by atoms with Gasteiger partial charge in [-0.25, -0.2) is 0 Å². The Bertz CT molecular complexity index is 189. The monoisotopic (exact) mass is 194 g/mol. The van der Waals surface area contributed by atoms with Gasteiger partial charge in [0.25, 0.3) is 0 Å². The van der Waals surface area contributed by atoms with Crippen LogP contribution in [0.2, 0.25) is 0 Å². The predicted octanol–water partition coefficient (Wildman–Crippen LogP) is 2.89. The van der Waals surface area contributed by atoms with Crippen LogP contribution in [0.25, 0.3) is 0 Å². The van der Waals surface area contributed by atoms with Crippen molar-refractivity contribution in [2.45, 2.75) is 0 Å². The van der Waals surface area contributed by atoms with Crippen molar-refractivity contribution in [2.75, 3.05) is 0 Å². The van der Waals surface area contributed by atoms with E-state index >= 15 is 0 Å². The van der Waals surface area contributed by atoms with E-state index in [1.807, 2.05) is 18.2 Å². The fourth-order valence-corrected chi connectivity index (χ4v) is 3.83. The number of hydrogen-bond acceptors (Lipinski definition) is 3. The quantitative estimate of drug-likeness (QED) is 0.340. The van der Waals surface area contributed by atoms with E-state index in [1.165, 1.54) is 15.0 Å². The van der Waals surface area contributed by atoms with E-state index in [0.29, 0.717) is 0 Å². The highest BCUT2D eigenvalue weighted by molar-refractivity contribution is 8.87.